The molecule has 2 aliphatic rings. The number of rotatable bonds is 5. The number of fused-ring (bicyclic) bond motifs is 2. The van der Waals surface area contributed by atoms with Crippen molar-refractivity contribution in [2.24, 2.45) is 0 Å². The third kappa shape index (κ3) is 3.59. The van der Waals surface area contributed by atoms with E-state index in [4.69, 9.17) is 4.74 Å². The zero-order chi connectivity index (χ0) is 21.3. The van der Waals surface area contributed by atoms with Gasteiger partial charge in [0.15, 0.2) is 11.5 Å². The van der Waals surface area contributed by atoms with Crippen molar-refractivity contribution in [2.45, 2.75) is 26.3 Å². The van der Waals surface area contributed by atoms with Crippen LogP contribution in [-0.4, -0.2) is 32.6 Å². The van der Waals surface area contributed by atoms with Crippen LogP contribution < -0.4 is 11.2 Å². The lowest BCUT2D eigenvalue weighted by Gasteiger charge is -2.18. The molecule has 4 rings (SSSR count). The van der Waals surface area contributed by atoms with Crippen LogP contribution in [0.4, 0.5) is 0 Å². The quantitative estimate of drug-likeness (QED) is 0.404. The topological polar surface area (TPSA) is 107 Å². The lowest BCUT2D eigenvalue weighted by Crippen LogP contribution is -2.29. The van der Waals surface area contributed by atoms with Gasteiger partial charge in [0.1, 0.15) is 0 Å². The van der Waals surface area contributed by atoms with Crippen LogP contribution in [0.15, 0.2) is 52.1 Å². The summed E-state index contributed by atoms with van der Waals surface area (Å²) in [5.41, 5.74) is 2.19. The second kappa shape index (κ2) is 7.90. The van der Waals surface area contributed by atoms with Crippen molar-refractivity contribution in [1.82, 2.24) is 19.5 Å². The second-order valence-corrected chi connectivity index (χ2v) is 7.04. The van der Waals surface area contributed by atoms with E-state index in [1.807, 2.05) is 30.3 Å². The van der Waals surface area contributed by atoms with Gasteiger partial charge in [-0.25, -0.2) is 14.6 Å². The molecule has 0 bridgehead atoms. The molecule has 0 amide bonds. The van der Waals surface area contributed by atoms with E-state index in [1.165, 1.54) is 12.7 Å². The van der Waals surface area contributed by atoms with Crippen molar-refractivity contribution in [2.75, 3.05) is 7.11 Å². The molecular formula is C22H20N4O4. The number of hydrogen-bond acceptors (Lipinski definition) is 6. The molecule has 0 unspecified atom stereocenters. The molecule has 2 aromatic carbocycles. The zero-order valence-corrected chi connectivity index (χ0v) is 16.6. The molecule has 2 aromatic rings. The highest BCUT2D eigenvalue weighted by Crippen LogP contribution is 2.25. The summed E-state index contributed by atoms with van der Waals surface area (Å²) < 4.78 is 6.66. The third-order valence-electron chi connectivity index (χ3n) is 5.05. The fourth-order valence-corrected chi connectivity index (χ4v) is 3.59. The molecule has 2 heterocycles. The van der Waals surface area contributed by atoms with E-state index in [0.717, 1.165) is 12.8 Å². The van der Waals surface area contributed by atoms with Crippen molar-refractivity contribution in [1.29, 1.82) is 0 Å². The van der Waals surface area contributed by atoms with Crippen LogP contribution in [0.2, 0.25) is 0 Å². The van der Waals surface area contributed by atoms with Gasteiger partial charge in [0.2, 0.25) is 0 Å². The van der Waals surface area contributed by atoms with Gasteiger partial charge in [-0.1, -0.05) is 30.3 Å². The van der Waals surface area contributed by atoms with E-state index in [1.54, 1.807) is 23.6 Å². The number of nitrogens with one attached hydrogen (secondary N) is 1. The van der Waals surface area contributed by atoms with Gasteiger partial charge < -0.3 is 9.30 Å². The van der Waals surface area contributed by atoms with E-state index >= 15 is 0 Å². The largest absolute Gasteiger partial charge is 0.465 e. The van der Waals surface area contributed by atoms with Crippen molar-refractivity contribution in [3.05, 3.63) is 80.0 Å². The molecule has 1 N–H and O–H groups in total. The van der Waals surface area contributed by atoms with Crippen molar-refractivity contribution in [3.8, 4) is 11.5 Å². The maximum atomic E-state index is 12.4. The smallest absolute Gasteiger partial charge is 0.349 e. The Labute approximate surface area is 171 Å². The Bertz CT molecular complexity index is 1320. The number of carbonyl (C=O) groups excluding carboxylic acids is 1. The van der Waals surface area contributed by atoms with E-state index in [-0.39, 0.29) is 11.5 Å². The molecule has 0 aliphatic carbocycles. The van der Waals surface area contributed by atoms with Crippen LogP contribution in [0, 0.1) is 6.92 Å². The van der Waals surface area contributed by atoms with Gasteiger partial charge in [-0.15, -0.1) is 0 Å². The Kier molecular flexibility index (Phi) is 5.14. The molecular weight excluding hydrogens is 384 g/mol. The van der Waals surface area contributed by atoms with Crippen LogP contribution in [0.25, 0.3) is 22.6 Å². The summed E-state index contributed by atoms with van der Waals surface area (Å²) in [7, 11) is 1.32. The zero-order valence-electron chi connectivity index (χ0n) is 16.6. The van der Waals surface area contributed by atoms with Gasteiger partial charge in [0, 0.05) is 6.54 Å². The number of H-pyrrole nitrogens is 1. The SMILES string of the molecule is COC(=O)c1cc2c(cc1C)nc1c(=O)[nH]c(=O)nc-1n2CCCc1ccccc1. The van der Waals surface area contributed by atoms with Crippen LogP contribution in [0.1, 0.15) is 27.9 Å². The van der Waals surface area contributed by atoms with Crippen molar-refractivity contribution < 1.29 is 9.53 Å². The summed E-state index contributed by atoms with van der Waals surface area (Å²) >= 11 is 0. The highest BCUT2D eigenvalue weighted by Gasteiger charge is 2.21. The minimum atomic E-state index is -0.731. The third-order valence-corrected chi connectivity index (χ3v) is 5.05. The maximum Gasteiger partial charge on any atom is 0.349 e. The molecule has 0 atom stereocenters. The van der Waals surface area contributed by atoms with E-state index in [9.17, 15) is 14.4 Å². The predicted octanol–water partition coefficient (Wildman–Crippen LogP) is 2.31. The molecule has 0 aromatic heterocycles. The van der Waals surface area contributed by atoms with E-state index in [0.29, 0.717) is 28.7 Å². The number of carbonyl (C=O) groups is 1. The van der Waals surface area contributed by atoms with Gasteiger partial charge in [0.25, 0.3) is 5.56 Å². The predicted molar refractivity (Wildman–Crippen MR) is 112 cm³/mol. The summed E-state index contributed by atoms with van der Waals surface area (Å²) in [5, 5.41) is 0. The second-order valence-electron chi connectivity index (χ2n) is 7.04. The molecule has 0 radical (unpaired) electrons. The molecule has 152 valence electrons. The average Bonchev–Trinajstić information content (AvgIpc) is 2.73. The highest BCUT2D eigenvalue weighted by molar-refractivity contribution is 5.96. The number of ether oxygens (including phenoxy) is 1. The molecule has 30 heavy (non-hydrogen) atoms. The van der Waals surface area contributed by atoms with Gasteiger partial charge in [0.05, 0.1) is 23.7 Å². The fraction of sp³-hybridized carbons (Fsp3) is 0.227. The molecule has 0 saturated carbocycles. The monoisotopic (exact) mass is 404 g/mol. The van der Waals surface area contributed by atoms with Crippen LogP contribution in [0.5, 0.6) is 0 Å². The molecule has 0 spiro atoms. The number of nitrogens with zero attached hydrogens (tertiary/aromatic N) is 3. The van der Waals surface area contributed by atoms with Crippen LogP contribution in [0.3, 0.4) is 0 Å². The standard InChI is InChI=1S/C22H20N4O4/c1-13-11-16-17(12-15(13)21(28)30-2)26(10-6-9-14-7-4-3-5-8-14)19-18(23-16)20(27)25-22(29)24-19/h3-5,7-8,11-12H,6,9-10H2,1-2H3,(H,25,27,29). The summed E-state index contributed by atoms with van der Waals surface area (Å²) in [6.45, 7) is 2.27. The molecule has 2 aliphatic heterocycles. The first-order valence-electron chi connectivity index (χ1n) is 9.55. The summed E-state index contributed by atoms with van der Waals surface area (Å²) in [6.07, 6.45) is 1.55. The Morgan fingerprint density at radius 3 is 2.63 bits per heavy atom. The number of methoxy groups -OCH3 is 1. The molecule has 0 fully saturated rings. The Hall–Kier alpha value is -3.81. The number of aromatic nitrogens is 4. The van der Waals surface area contributed by atoms with Crippen LogP contribution in [-0.2, 0) is 17.7 Å². The minimum Gasteiger partial charge on any atom is -0.465 e. The highest BCUT2D eigenvalue weighted by atomic mass is 16.5. The van der Waals surface area contributed by atoms with E-state index in [2.05, 4.69) is 15.0 Å². The first-order chi connectivity index (χ1) is 14.5. The summed E-state index contributed by atoms with van der Waals surface area (Å²) in [5.74, 6) is -0.266. The maximum absolute atomic E-state index is 12.4. The summed E-state index contributed by atoms with van der Waals surface area (Å²) in [4.78, 5) is 47.0. The normalized spacial score (nSPS) is 11.1. The number of aryl methyl sites for hydroxylation is 3. The number of hydrogen-bond donors (Lipinski definition) is 1. The number of benzene rings is 2. The molecule has 0 saturated heterocycles. The van der Waals surface area contributed by atoms with Crippen LogP contribution >= 0.6 is 0 Å². The van der Waals surface area contributed by atoms with Crippen molar-refractivity contribution >= 4 is 17.0 Å². The van der Waals surface area contributed by atoms with Gasteiger partial charge in [-0.05, 0) is 43.0 Å². The minimum absolute atomic E-state index is 0.0898. The van der Waals surface area contributed by atoms with Gasteiger partial charge in [-0.2, -0.15) is 4.98 Å². The number of aromatic amines is 1. The molecule has 8 heteroatoms. The Morgan fingerprint density at radius 2 is 1.90 bits per heavy atom. The Balaban J connectivity index is 1.89. The lowest BCUT2D eigenvalue weighted by molar-refractivity contribution is 0.0600. The average molecular weight is 404 g/mol. The Morgan fingerprint density at radius 1 is 1.13 bits per heavy atom. The van der Waals surface area contributed by atoms with E-state index < -0.39 is 17.2 Å². The lowest BCUT2D eigenvalue weighted by atomic mass is 10.1. The van der Waals surface area contributed by atoms with Gasteiger partial charge >= 0.3 is 11.7 Å². The molecule has 8 nitrogen and oxygen atoms in total. The summed E-state index contributed by atoms with van der Waals surface area (Å²) in [6, 6.07) is 13.4. The first kappa shape index (κ1) is 19.5. The first-order valence-corrected chi connectivity index (χ1v) is 9.55. The number of esters is 1. The fourth-order valence-electron chi connectivity index (χ4n) is 3.59. The van der Waals surface area contributed by atoms with Crippen molar-refractivity contribution in [3.63, 3.8) is 0 Å². The van der Waals surface area contributed by atoms with Gasteiger partial charge in [-0.3, -0.25) is 9.78 Å².